The van der Waals surface area contributed by atoms with Crippen LogP contribution in [0.25, 0.3) is 6.08 Å². The monoisotopic (exact) mass is 284 g/mol. The Morgan fingerprint density at radius 2 is 1.90 bits per heavy atom. The van der Waals surface area contributed by atoms with E-state index in [-0.39, 0.29) is 11.3 Å². The Hall–Kier alpha value is -2.75. The number of benzene rings is 2. The van der Waals surface area contributed by atoms with Crippen LogP contribution in [0, 0.1) is 0 Å². The Labute approximate surface area is 123 Å². The first-order chi connectivity index (χ1) is 10.2. The van der Waals surface area contributed by atoms with E-state index in [2.05, 4.69) is 0 Å². The van der Waals surface area contributed by atoms with Gasteiger partial charge < -0.3 is 14.6 Å². The van der Waals surface area contributed by atoms with Crippen molar-refractivity contribution in [1.82, 2.24) is 0 Å². The second-order valence-electron chi connectivity index (χ2n) is 4.31. The average Bonchev–Trinajstić information content (AvgIpc) is 2.49. The smallest absolute Gasteiger partial charge is 0.339 e. The topological polar surface area (TPSA) is 55.8 Å². The van der Waals surface area contributed by atoms with Gasteiger partial charge in [-0.05, 0) is 25.1 Å². The van der Waals surface area contributed by atoms with E-state index in [0.717, 1.165) is 5.56 Å². The van der Waals surface area contributed by atoms with Crippen LogP contribution in [-0.2, 0) is 0 Å². The molecule has 4 nitrogen and oxygen atoms in total. The lowest BCUT2D eigenvalue weighted by atomic mass is 10.1. The Kier molecular flexibility index (Phi) is 4.61. The van der Waals surface area contributed by atoms with Gasteiger partial charge in [-0.3, -0.25) is 0 Å². The molecule has 2 aromatic carbocycles. The van der Waals surface area contributed by atoms with Crippen molar-refractivity contribution >= 4 is 12.0 Å². The first kappa shape index (κ1) is 14.7. The highest BCUT2D eigenvalue weighted by Crippen LogP contribution is 2.31. The van der Waals surface area contributed by atoms with Crippen molar-refractivity contribution in [3.63, 3.8) is 0 Å². The molecule has 108 valence electrons. The molecule has 0 fully saturated rings. The lowest BCUT2D eigenvalue weighted by Crippen LogP contribution is -2.01. The summed E-state index contributed by atoms with van der Waals surface area (Å²) in [5, 5.41) is 9.25. The Morgan fingerprint density at radius 3 is 2.57 bits per heavy atom. The first-order valence-electron chi connectivity index (χ1n) is 6.46. The van der Waals surface area contributed by atoms with Crippen molar-refractivity contribution < 1.29 is 19.4 Å². The van der Waals surface area contributed by atoms with Crippen LogP contribution in [0.4, 0.5) is 0 Å². The number of para-hydroxylation sites is 1. The second kappa shape index (κ2) is 6.61. The molecule has 0 spiro atoms. The normalized spacial score (nSPS) is 10.6. The molecule has 0 atom stereocenters. The fourth-order valence-corrected chi connectivity index (χ4v) is 1.90. The fourth-order valence-electron chi connectivity index (χ4n) is 1.90. The number of carboxylic acid groups (broad SMARTS) is 1. The summed E-state index contributed by atoms with van der Waals surface area (Å²) >= 11 is 0. The van der Waals surface area contributed by atoms with Crippen molar-refractivity contribution in [3.05, 3.63) is 59.7 Å². The molecule has 2 aromatic rings. The molecule has 0 aliphatic rings. The van der Waals surface area contributed by atoms with Gasteiger partial charge in [0, 0.05) is 11.6 Å². The van der Waals surface area contributed by atoms with E-state index in [1.807, 2.05) is 37.3 Å². The van der Waals surface area contributed by atoms with Gasteiger partial charge in [0.15, 0.2) is 0 Å². The summed E-state index contributed by atoms with van der Waals surface area (Å²) in [6.45, 7) is 1.91. The molecule has 21 heavy (non-hydrogen) atoms. The molecule has 1 N–H and O–H groups in total. The molecule has 0 saturated heterocycles. The van der Waals surface area contributed by atoms with Crippen molar-refractivity contribution in [2.24, 2.45) is 0 Å². The van der Waals surface area contributed by atoms with E-state index >= 15 is 0 Å². The van der Waals surface area contributed by atoms with Crippen LogP contribution in [0.1, 0.15) is 22.8 Å². The summed E-state index contributed by atoms with van der Waals surface area (Å²) in [4.78, 5) is 11.3. The third kappa shape index (κ3) is 3.42. The molecule has 0 bridgehead atoms. The highest BCUT2D eigenvalue weighted by Gasteiger charge is 2.14. The summed E-state index contributed by atoms with van der Waals surface area (Å²) in [5.74, 6) is 0.333. The van der Waals surface area contributed by atoms with Gasteiger partial charge in [0.05, 0.1) is 7.11 Å². The summed E-state index contributed by atoms with van der Waals surface area (Å²) in [6, 6.07) is 12.0. The van der Waals surface area contributed by atoms with Crippen molar-refractivity contribution in [3.8, 4) is 17.2 Å². The third-order valence-electron chi connectivity index (χ3n) is 2.90. The SMILES string of the molecule is C/C=C/c1ccccc1Oc1cc(OC)ccc1C(=O)O. The summed E-state index contributed by atoms with van der Waals surface area (Å²) in [7, 11) is 1.52. The van der Waals surface area contributed by atoms with E-state index in [4.69, 9.17) is 9.47 Å². The second-order valence-corrected chi connectivity index (χ2v) is 4.31. The molecule has 0 aromatic heterocycles. The first-order valence-corrected chi connectivity index (χ1v) is 6.46. The summed E-state index contributed by atoms with van der Waals surface area (Å²) < 4.78 is 10.9. The van der Waals surface area contributed by atoms with Crippen molar-refractivity contribution in [1.29, 1.82) is 0 Å². The van der Waals surface area contributed by atoms with Gasteiger partial charge in [-0.1, -0.05) is 30.4 Å². The molecule has 0 heterocycles. The number of ether oxygens (including phenoxy) is 2. The van der Waals surface area contributed by atoms with Crippen LogP contribution in [0.2, 0.25) is 0 Å². The molecule has 0 radical (unpaired) electrons. The van der Waals surface area contributed by atoms with Crippen LogP contribution in [-0.4, -0.2) is 18.2 Å². The number of carbonyl (C=O) groups is 1. The number of carboxylic acids is 1. The van der Waals surface area contributed by atoms with Crippen LogP contribution in [0.3, 0.4) is 0 Å². The minimum atomic E-state index is -1.05. The minimum absolute atomic E-state index is 0.0890. The maximum atomic E-state index is 11.3. The Bertz CT molecular complexity index is 674. The zero-order valence-electron chi connectivity index (χ0n) is 11.9. The van der Waals surface area contributed by atoms with Crippen LogP contribution in [0.5, 0.6) is 17.2 Å². The highest BCUT2D eigenvalue weighted by atomic mass is 16.5. The average molecular weight is 284 g/mol. The van der Waals surface area contributed by atoms with E-state index in [0.29, 0.717) is 11.5 Å². The standard InChI is InChI=1S/C17H16O4/c1-3-6-12-7-4-5-8-15(12)21-16-11-13(20-2)9-10-14(16)17(18)19/h3-11H,1-2H3,(H,18,19)/b6-3+. The molecule has 0 aliphatic heterocycles. The summed E-state index contributed by atoms with van der Waals surface area (Å²) in [6.07, 6.45) is 3.79. The van der Waals surface area contributed by atoms with Crippen LogP contribution in [0.15, 0.2) is 48.5 Å². The van der Waals surface area contributed by atoms with E-state index < -0.39 is 5.97 Å². The van der Waals surface area contributed by atoms with Crippen molar-refractivity contribution in [2.45, 2.75) is 6.92 Å². The fraction of sp³-hybridized carbons (Fsp3) is 0.118. The van der Waals surface area contributed by atoms with Gasteiger partial charge in [-0.2, -0.15) is 0 Å². The van der Waals surface area contributed by atoms with Gasteiger partial charge in [0.1, 0.15) is 22.8 Å². The Morgan fingerprint density at radius 1 is 1.14 bits per heavy atom. The number of methoxy groups -OCH3 is 1. The molecule has 0 unspecified atom stereocenters. The predicted molar refractivity (Wildman–Crippen MR) is 81.2 cm³/mol. The van der Waals surface area contributed by atoms with Gasteiger partial charge in [-0.15, -0.1) is 0 Å². The molecule has 0 saturated carbocycles. The number of aromatic carboxylic acids is 1. The third-order valence-corrected chi connectivity index (χ3v) is 2.90. The van der Waals surface area contributed by atoms with Gasteiger partial charge in [-0.25, -0.2) is 4.79 Å². The highest BCUT2D eigenvalue weighted by molar-refractivity contribution is 5.91. The maximum absolute atomic E-state index is 11.3. The number of rotatable bonds is 5. The molecule has 0 amide bonds. The summed E-state index contributed by atoms with van der Waals surface area (Å²) in [5.41, 5.74) is 0.963. The molecule has 4 heteroatoms. The number of allylic oxidation sites excluding steroid dienone is 1. The largest absolute Gasteiger partial charge is 0.497 e. The zero-order chi connectivity index (χ0) is 15.2. The van der Waals surface area contributed by atoms with Crippen LogP contribution >= 0.6 is 0 Å². The predicted octanol–water partition coefficient (Wildman–Crippen LogP) is 4.22. The van der Waals surface area contributed by atoms with Crippen molar-refractivity contribution in [2.75, 3.05) is 7.11 Å². The molecular weight excluding hydrogens is 268 g/mol. The number of hydrogen-bond acceptors (Lipinski definition) is 3. The van der Waals surface area contributed by atoms with Gasteiger partial charge in [0.2, 0.25) is 0 Å². The lowest BCUT2D eigenvalue weighted by Gasteiger charge is -2.12. The van der Waals surface area contributed by atoms with Gasteiger partial charge in [0.25, 0.3) is 0 Å². The molecule has 2 rings (SSSR count). The number of hydrogen-bond donors (Lipinski definition) is 1. The van der Waals surface area contributed by atoms with Gasteiger partial charge >= 0.3 is 5.97 Å². The molecule has 0 aliphatic carbocycles. The Balaban J connectivity index is 2.45. The zero-order valence-corrected chi connectivity index (χ0v) is 11.9. The van der Waals surface area contributed by atoms with E-state index in [9.17, 15) is 9.90 Å². The quantitative estimate of drug-likeness (QED) is 0.893. The van der Waals surface area contributed by atoms with E-state index in [1.165, 1.54) is 13.2 Å². The molecular formula is C17H16O4. The van der Waals surface area contributed by atoms with E-state index in [1.54, 1.807) is 18.2 Å². The lowest BCUT2D eigenvalue weighted by molar-refractivity contribution is 0.0694. The maximum Gasteiger partial charge on any atom is 0.339 e. The van der Waals surface area contributed by atoms with Crippen LogP contribution < -0.4 is 9.47 Å². The minimum Gasteiger partial charge on any atom is -0.497 e.